The van der Waals surface area contributed by atoms with Crippen LogP contribution < -0.4 is 5.32 Å². The number of likely N-dealkylation sites (tertiary alicyclic amines) is 2. The van der Waals surface area contributed by atoms with Crippen LogP contribution in [0.5, 0.6) is 0 Å². The molecule has 3 heterocycles. The number of piperidine rings is 1. The zero-order chi connectivity index (χ0) is 24.3. The number of ether oxygens (including phenoxy) is 1. The fourth-order valence-electron chi connectivity index (χ4n) is 4.59. The molecule has 8 heteroatoms. The molecule has 2 aliphatic heterocycles. The lowest BCUT2D eigenvalue weighted by molar-refractivity contribution is -0.128. The molecule has 2 aromatic rings. The minimum absolute atomic E-state index is 0.141. The molecule has 0 spiro atoms. The molecule has 0 aliphatic carbocycles. The van der Waals surface area contributed by atoms with Crippen LogP contribution in [0.2, 0.25) is 0 Å². The molecule has 1 N–H and O–H groups in total. The van der Waals surface area contributed by atoms with Crippen molar-refractivity contribution in [3.63, 3.8) is 0 Å². The summed E-state index contributed by atoms with van der Waals surface area (Å²) in [6.45, 7) is 8.13. The fourth-order valence-corrected chi connectivity index (χ4v) is 4.59. The highest BCUT2D eigenvalue weighted by Crippen LogP contribution is 2.26. The van der Waals surface area contributed by atoms with Gasteiger partial charge in [-0.15, -0.1) is 0 Å². The third-order valence-corrected chi connectivity index (χ3v) is 6.25. The van der Waals surface area contributed by atoms with Gasteiger partial charge in [0.2, 0.25) is 5.91 Å². The number of nitrogens with one attached hydrogen (secondary N) is 1. The van der Waals surface area contributed by atoms with Crippen molar-refractivity contribution in [1.82, 2.24) is 14.4 Å². The van der Waals surface area contributed by atoms with Gasteiger partial charge in [0.1, 0.15) is 11.3 Å². The number of anilines is 1. The molecule has 182 valence electrons. The molecule has 2 aliphatic rings. The highest BCUT2D eigenvalue weighted by molar-refractivity contribution is 6.03. The number of hydrogen-bond donors (Lipinski definition) is 1. The predicted octanol–water partition coefficient (Wildman–Crippen LogP) is 4.43. The second-order valence-corrected chi connectivity index (χ2v) is 10.1. The number of hydrogen-bond acceptors (Lipinski definition) is 4. The summed E-state index contributed by atoms with van der Waals surface area (Å²) in [6.07, 6.45) is 4.68. The number of benzene rings is 1. The van der Waals surface area contributed by atoms with Gasteiger partial charge in [-0.05, 0) is 69.9 Å². The predicted molar refractivity (Wildman–Crippen MR) is 130 cm³/mol. The first-order chi connectivity index (χ1) is 16.2. The first-order valence-corrected chi connectivity index (χ1v) is 12.0. The Bertz CT molecular complexity index is 1050. The van der Waals surface area contributed by atoms with Crippen LogP contribution in [0.15, 0.2) is 42.6 Å². The van der Waals surface area contributed by atoms with Gasteiger partial charge in [0, 0.05) is 50.5 Å². The molecule has 2 saturated heterocycles. The number of nitrogens with zero attached hydrogens (tertiary/aromatic N) is 3. The molecule has 0 bridgehead atoms. The Morgan fingerprint density at radius 3 is 2.53 bits per heavy atom. The molecular weight excluding hydrogens is 432 g/mol. The summed E-state index contributed by atoms with van der Waals surface area (Å²) in [5.41, 5.74) is 1.79. The first kappa shape index (κ1) is 23.9. The standard InChI is InChI=1S/C26H34N4O4/c1-26(2,3)34-25(33)28-15-11-21(12-16-28)30-14-5-9-22(30)24(32)27-20-8-4-7-19(17-20)18-29-13-6-10-23(29)31/h4-5,7-9,14,17,21H,6,10-13,15-16,18H2,1-3H3,(H,27,32). The Hall–Kier alpha value is -3.29. The normalized spacial score (nSPS) is 17.2. The lowest BCUT2D eigenvalue weighted by Gasteiger charge is -2.34. The van der Waals surface area contributed by atoms with E-state index in [1.165, 1.54) is 0 Å². The molecule has 34 heavy (non-hydrogen) atoms. The topological polar surface area (TPSA) is 83.9 Å². The minimum Gasteiger partial charge on any atom is -0.444 e. The van der Waals surface area contributed by atoms with Gasteiger partial charge in [0.05, 0.1) is 0 Å². The van der Waals surface area contributed by atoms with Crippen molar-refractivity contribution >= 4 is 23.6 Å². The average molecular weight is 467 g/mol. The minimum atomic E-state index is -0.513. The SMILES string of the molecule is CC(C)(C)OC(=O)N1CCC(n2cccc2C(=O)Nc2cccc(CN3CCCC3=O)c2)CC1. The summed E-state index contributed by atoms with van der Waals surface area (Å²) in [5, 5.41) is 3.01. The van der Waals surface area contributed by atoms with Crippen molar-refractivity contribution in [1.29, 1.82) is 0 Å². The average Bonchev–Trinajstić information content (AvgIpc) is 3.42. The van der Waals surface area contributed by atoms with Crippen LogP contribution in [0.1, 0.15) is 68.5 Å². The van der Waals surface area contributed by atoms with Crippen molar-refractivity contribution in [3.8, 4) is 0 Å². The van der Waals surface area contributed by atoms with Crippen LogP contribution in [-0.2, 0) is 16.1 Å². The van der Waals surface area contributed by atoms with Crippen molar-refractivity contribution in [2.45, 2.75) is 64.6 Å². The van der Waals surface area contributed by atoms with Gasteiger partial charge in [0.15, 0.2) is 0 Å². The molecule has 0 radical (unpaired) electrons. The summed E-state index contributed by atoms with van der Waals surface area (Å²) in [7, 11) is 0. The Kier molecular flexibility index (Phi) is 6.95. The second-order valence-electron chi connectivity index (χ2n) is 10.1. The molecule has 2 fully saturated rings. The van der Waals surface area contributed by atoms with E-state index in [1.807, 2.05) is 72.8 Å². The molecule has 0 saturated carbocycles. The molecule has 3 amide bonds. The maximum atomic E-state index is 13.1. The van der Waals surface area contributed by atoms with Gasteiger partial charge < -0.3 is 24.4 Å². The lowest BCUT2D eigenvalue weighted by Crippen LogP contribution is -2.42. The van der Waals surface area contributed by atoms with E-state index >= 15 is 0 Å². The van der Waals surface area contributed by atoms with E-state index in [2.05, 4.69) is 5.32 Å². The largest absolute Gasteiger partial charge is 0.444 e. The summed E-state index contributed by atoms with van der Waals surface area (Å²) in [4.78, 5) is 41.0. The van der Waals surface area contributed by atoms with E-state index < -0.39 is 5.60 Å². The van der Waals surface area contributed by atoms with Crippen LogP contribution >= 0.6 is 0 Å². The Morgan fingerprint density at radius 1 is 1.09 bits per heavy atom. The number of amides is 3. The van der Waals surface area contributed by atoms with Gasteiger partial charge >= 0.3 is 6.09 Å². The van der Waals surface area contributed by atoms with E-state index in [-0.39, 0.29) is 23.9 Å². The van der Waals surface area contributed by atoms with Crippen molar-refractivity contribution < 1.29 is 19.1 Å². The van der Waals surface area contributed by atoms with Crippen molar-refractivity contribution in [3.05, 3.63) is 53.9 Å². The van der Waals surface area contributed by atoms with E-state index in [4.69, 9.17) is 4.74 Å². The second kappa shape index (κ2) is 9.91. The van der Waals surface area contributed by atoms with Gasteiger partial charge in [-0.1, -0.05) is 12.1 Å². The molecule has 1 aromatic carbocycles. The first-order valence-electron chi connectivity index (χ1n) is 12.0. The molecule has 1 aromatic heterocycles. The van der Waals surface area contributed by atoms with Gasteiger partial charge in [-0.2, -0.15) is 0 Å². The number of carbonyl (C=O) groups is 3. The Balaban J connectivity index is 1.37. The van der Waals surface area contributed by atoms with Gasteiger partial charge in [-0.25, -0.2) is 4.79 Å². The number of aromatic nitrogens is 1. The molecular formula is C26H34N4O4. The third kappa shape index (κ3) is 5.79. The summed E-state index contributed by atoms with van der Waals surface area (Å²) in [6, 6.07) is 11.5. The van der Waals surface area contributed by atoms with Crippen LogP contribution in [0.25, 0.3) is 0 Å². The van der Waals surface area contributed by atoms with Crippen molar-refractivity contribution in [2.75, 3.05) is 25.0 Å². The summed E-state index contributed by atoms with van der Waals surface area (Å²) < 4.78 is 7.49. The van der Waals surface area contributed by atoms with E-state index in [9.17, 15) is 14.4 Å². The van der Waals surface area contributed by atoms with Crippen LogP contribution in [0, 0.1) is 0 Å². The number of rotatable bonds is 5. The zero-order valence-corrected chi connectivity index (χ0v) is 20.3. The van der Waals surface area contributed by atoms with Gasteiger partial charge in [0.25, 0.3) is 5.91 Å². The number of carbonyl (C=O) groups excluding carboxylic acids is 3. The van der Waals surface area contributed by atoms with Crippen LogP contribution in [0.3, 0.4) is 0 Å². The third-order valence-electron chi connectivity index (χ3n) is 6.25. The van der Waals surface area contributed by atoms with Crippen molar-refractivity contribution in [2.24, 2.45) is 0 Å². The van der Waals surface area contributed by atoms with E-state index in [1.54, 1.807) is 4.90 Å². The summed E-state index contributed by atoms with van der Waals surface area (Å²) in [5.74, 6) is 0.0129. The molecule has 0 unspecified atom stereocenters. The van der Waals surface area contributed by atoms with Gasteiger partial charge in [-0.3, -0.25) is 9.59 Å². The Labute approximate surface area is 200 Å². The Morgan fingerprint density at radius 2 is 1.85 bits per heavy atom. The van der Waals surface area contributed by atoms with Crippen LogP contribution in [-0.4, -0.2) is 57.5 Å². The van der Waals surface area contributed by atoms with E-state index in [0.29, 0.717) is 37.4 Å². The van der Waals surface area contributed by atoms with Crippen LogP contribution in [0.4, 0.5) is 10.5 Å². The fraction of sp³-hybridized carbons (Fsp3) is 0.500. The molecule has 4 rings (SSSR count). The maximum Gasteiger partial charge on any atom is 0.410 e. The quantitative estimate of drug-likeness (QED) is 0.706. The monoisotopic (exact) mass is 466 g/mol. The summed E-state index contributed by atoms with van der Waals surface area (Å²) >= 11 is 0. The molecule has 0 atom stereocenters. The van der Waals surface area contributed by atoms with E-state index in [0.717, 1.165) is 31.4 Å². The zero-order valence-electron chi connectivity index (χ0n) is 20.3. The lowest BCUT2D eigenvalue weighted by atomic mass is 10.0. The maximum absolute atomic E-state index is 13.1. The smallest absolute Gasteiger partial charge is 0.410 e. The highest BCUT2D eigenvalue weighted by atomic mass is 16.6. The highest BCUT2D eigenvalue weighted by Gasteiger charge is 2.29. The molecule has 8 nitrogen and oxygen atoms in total.